The zero-order valence-electron chi connectivity index (χ0n) is 11.3. The van der Waals surface area contributed by atoms with Crippen molar-refractivity contribution < 1.29 is 19.5 Å². The summed E-state index contributed by atoms with van der Waals surface area (Å²) in [6.07, 6.45) is 0.525. The van der Waals surface area contributed by atoms with Crippen LogP contribution in [0.15, 0.2) is 18.2 Å². The number of carboxylic acids is 1. The number of carbonyl (C=O) groups excluding carboxylic acids is 2. The summed E-state index contributed by atoms with van der Waals surface area (Å²) in [6, 6.07) is 4.46. The average molecular weight is 276 g/mol. The van der Waals surface area contributed by atoms with E-state index < -0.39 is 12.0 Å². The first-order valence-electron chi connectivity index (χ1n) is 6.26. The zero-order valence-corrected chi connectivity index (χ0v) is 11.3. The number of carbonyl (C=O) groups is 3. The fourth-order valence-corrected chi connectivity index (χ4v) is 2.33. The number of nitrogens with zero attached hydrogens (tertiary/aromatic N) is 1. The number of fused-ring (bicyclic) bond motifs is 1. The molecule has 0 fully saturated rings. The highest BCUT2D eigenvalue weighted by Crippen LogP contribution is 2.28. The largest absolute Gasteiger partial charge is 0.480 e. The molecule has 0 bridgehead atoms. The van der Waals surface area contributed by atoms with Gasteiger partial charge < -0.3 is 15.3 Å². The maximum atomic E-state index is 11.6. The number of hydrogen-bond acceptors (Lipinski definition) is 3. The van der Waals surface area contributed by atoms with Gasteiger partial charge in [0.1, 0.15) is 6.04 Å². The predicted octanol–water partition coefficient (Wildman–Crippen LogP) is 0.337. The van der Waals surface area contributed by atoms with Crippen LogP contribution in [0.3, 0.4) is 0 Å². The molecule has 0 aromatic heterocycles. The standard InChI is InChI=1S/C14H16N2O4/c1-8(17)15-11(14(19)20)6-9-3-4-12-10(5-9)7-13(18)16(12)2/h3-5,11H,6-7H2,1-2H3,(H,15,17)(H,19,20). The molecule has 0 spiro atoms. The number of rotatable bonds is 4. The Hall–Kier alpha value is -2.37. The summed E-state index contributed by atoms with van der Waals surface area (Å²) >= 11 is 0. The first kappa shape index (κ1) is 14.0. The predicted molar refractivity (Wildman–Crippen MR) is 72.5 cm³/mol. The number of carboxylic acid groups (broad SMARTS) is 1. The van der Waals surface area contributed by atoms with Crippen molar-refractivity contribution in [2.75, 3.05) is 11.9 Å². The van der Waals surface area contributed by atoms with Crippen molar-refractivity contribution >= 4 is 23.5 Å². The molecular formula is C14H16N2O4. The van der Waals surface area contributed by atoms with Crippen molar-refractivity contribution in [1.82, 2.24) is 5.32 Å². The van der Waals surface area contributed by atoms with Crippen molar-refractivity contribution in [1.29, 1.82) is 0 Å². The van der Waals surface area contributed by atoms with E-state index in [0.717, 1.165) is 16.8 Å². The van der Waals surface area contributed by atoms with Gasteiger partial charge in [-0.15, -0.1) is 0 Å². The molecule has 1 unspecified atom stereocenters. The lowest BCUT2D eigenvalue weighted by molar-refractivity contribution is -0.141. The monoisotopic (exact) mass is 276 g/mol. The molecule has 0 saturated heterocycles. The minimum atomic E-state index is -1.08. The number of aliphatic carboxylic acids is 1. The summed E-state index contributed by atoms with van der Waals surface area (Å²) in [4.78, 5) is 35.3. The average Bonchev–Trinajstić information content (AvgIpc) is 2.63. The maximum Gasteiger partial charge on any atom is 0.326 e. The minimum absolute atomic E-state index is 0.0220. The van der Waals surface area contributed by atoms with Crippen LogP contribution in [-0.2, 0) is 27.2 Å². The molecule has 6 nitrogen and oxygen atoms in total. The normalized spacial score (nSPS) is 14.9. The van der Waals surface area contributed by atoms with Gasteiger partial charge in [-0.25, -0.2) is 4.79 Å². The molecule has 1 aromatic rings. The Bertz CT molecular complexity index is 583. The van der Waals surface area contributed by atoms with Crippen LogP contribution in [0.5, 0.6) is 0 Å². The number of anilines is 1. The molecule has 1 aliphatic rings. The van der Waals surface area contributed by atoms with Crippen molar-refractivity contribution in [2.45, 2.75) is 25.8 Å². The quantitative estimate of drug-likeness (QED) is 0.830. The molecule has 1 aliphatic heterocycles. The maximum absolute atomic E-state index is 11.6. The summed E-state index contributed by atoms with van der Waals surface area (Å²) < 4.78 is 0. The lowest BCUT2D eigenvalue weighted by Gasteiger charge is -2.14. The van der Waals surface area contributed by atoms with Gasteiger partial charge in [0.15, 0.2) is 0 Å². The fraction of sp³-hybridized carbons (Fsp3) is 0.357. The van der Waals surface area contributed by atoms with E-state index in [1.807, 2.05) is 12.1 Å². The first-order valence-corrected chi connectivity index (χ1v) is 6.26. The zero-order chi connectivity index (χ0) is 14.9. The molecule has 2 amide bonds. The minimum Gasteiger partial charge on any atom is -0.480 e. The number of amides is 2. The van der Waals surface area contributed by atoms with Crippen LogP contribution < -0.4 is 10.2 Å². The second kappa shape index (κ2) is 5.32. The molecule has 1 atom stereocenters. The molecule has 0 radical (unpaired) electrons. The first-order chi connectivity index (χ1) is 9.38. The highest BCUT2D eigenvalue weighted by molar-refractivity contribution is 6.00. The van der Waals surface area contributed by atoms with Gasteiger partial charge in [0.05, 0.1) is 6.42 Å². The summed E-state index contributed by atoms with van der Waals surface area (Å²) in [6.45, 7) is 1.28. The van der Waals surface area contributed by atoms with Gasteiger partial charge >= 0.3 is 5.97 Å². The van der Waals surface area contributed by atoms with Gasteiger partial charge in [-0.1, -0.05) is 12.1 Å². The molecule has 1 heterocycles. The van der Waals surface area contributed by atoms with Crippen molar-refractivity contribution in [3.05, 3.63) is 29.3 Å². The summed E-state index contributed by atoms with van der Waals surface area (Å²) in [5.74, 6) is -1.43. The van der Waals surface area contributed by atoms with Crippen molar-refractivity contribution in [3.8, 4) is 0 Å². The molecule has 106 valence electrons. The fourth-order valence-electron chi connectivity index (χ4n) is 2.33. The smallest absolute Gasteiger partial charge is 0.326 e. The molecule has 20 heavy (non-hydrogen) atoms. The van der Waals surface area contributed by atoms with E-state index in [0.29, 0.717) is 6.42 Å². The van der Waals surface area contributed by atoms with Crippen LogP contribution in [0.25, 0.3) is 0 Å². The molecule has 2 rings (SSSR count). The Labute approximate surface area is 116 Å². The second-order valence-corrected chi connectivity index (χ2v) is 4.89. The molecule has 2 N–H and O–H groups in total. The lowest BCUT2D eigenvalue weighted by Crippen LogP contribution is -2.41. The molecular weight excluding hydrogens is 260 g/mol. The number of benzene rings is 1. The van der Waals surface area contributed by atoms with Crippen LogP contribution in [0.4, 0.5) is 5.69 Å². The van der Waals surface area contributed by atoms with Crippen LogP contribution in [0.2, 0.25) is 0 Å². The Balaban J connectivity index is 2.18. The van der Waals surface area contributed by atoms with E-state index in [2.05, 4.69) is 5.32 Å². The number of hydrogen-bond donors (Lipinski definition) is 2. The Morgan fingerprint density at radius 3 is 2.75 bits per heavy atom. The van der Waals surface area contributed by atoms with E-state index in [1.54, 1.807) is 18.0 Å². The van der Waals surface area contributed by atoms with Gasteiger partial charge in [-0.2, -0.15) is 0 Å². The highest BCUT2D eigenvalue weighted by atomic mass is 16.4. The molecule has 0 saturated carbocycles. The second-order valence-electron chi connectivity index (χ2n) is 4.89. The Kier molecular flexibility index (Phi) is 3.74. The topological polar surface area (TPSA) is 86.7 Å². The van der Waals surface area contributed by atoms with Crippen LogP contribution in [0, 0.1) is 0 Å². The van der Waals surface area contributed by atoms with Gasteiger partial charge in [0.25, 0.3) is 0 Å². The Morgan fingerprint density at radius 2 is 2.15 bits per heavy atom. The van der Waals surface area contributed by atoms with Gasteiger partial charge in [0.2, 0.25) is 11.8 Å². The van der Waals surface area contributed by atoms with E-state index in [9.17, 15) is 14.4 Å². The molecule has 6 heteroatoms. The SMILES string of the molecule is CC(=O)NC(Cc1ccc2c(c1)CC(=O)N2C)C(=O)O. The van der Waals surface area contributed by atoms with E-state index in [-0.39, 0.29) is 18.2 Å². The van der Waals surface area contributed by atoms with Crippen molar-refractivity contribution in [2.24, 2.45) is 0 Å². The van der Waals surface area contributed by atoms with Gasteiger partial charge in [0, 0.05) is 26.1 Å². The van der Waals surface area contributed by atoms with Crippen molar-refractivity contribution in [3.63, 3.8) is 0 Å². The number of nitrogens with one attached hydrogen (secondary N) is 1. The molecule has 0 aliphatic carbocycles. The van der Waals surface area contributed by atoms with Crippen LogP contribution >= 0.6 is 0 Å². The summed E-state index contributed by atoms with van der Waals surface area (Å²) in [7, 11) is 1.71. The summed E-state index contributed by atoms with van der Waals surface area (Å²) in [5.41, 5.74) is 2.53. The third kappa shape index (κ3) is 2.79. The molecule has 1 aromatic carbocycles. The lowest BCUT2D eigenvalue weighted by atomic mass is 10.0. The summed E-state index contributed by atoms with van der Waals surface area (Å²) in [5, 5.41) is 11.5. The van der Waals surface area contributed by atoms with E-state index in [4.69, 9.17) is 5.11 Å². The third-order valence-corrected chi connectivity index (χ3v) is 3.34. The van der Waals surface area contributed by atoms with E-state index in [1.165, 1.54) is 6.92 Å². The van der Waals surface area contributed by atoms with Gasteiger partial charge in [-0.3, -0.25) is 9.59 Å². The third-order valence-electron chi connectivity index (χ3n) is 3.34. The highest BCUT2D eigenvalue weighted by Gasteiger charge is 2.25. The van der Waals surface area contributed by atoms with Gasteiger partial charge in [-0.05, 0) is 17.2 Å². The Morgan fingerprint density at radius 1 is 1.45 bits per heavy atom. The van der Waals surface area contributed by atoms with Crippen LogP contribution in [-0.4, -0.2) is 36.0 Å². The number of likely N-dealkylation sites (N-methyl/N-ethyl adjacent to an activating group) is 1. The van der Waals surface area contributed by atoms with E-state index >= 15 is 0 Å². The van der Waals surface area contributed by atoms with Crippen LogP contribution in [0.1, 0.15) is 18.1 Å².